The molecular weight excluding hydrogens is 238 g/mol. The van der Waals surface area contributed by atoms with Crippen molar-refractivity contribution in [1.29, 1.82) is 0 Å². The largest absolute Gasteiger partial charge is 0.458 e. The van der Waals surface area contributed by atoms with Crippen LogP contribution >= 0.6 is 0 Å². The van der Waals surface area contributed by atoms with E-state index in [0.717, 1.165) is 13.0 Å². The first-order valence-corrected chi connectivity index (χ1v) is 7.34. The summed E-state index contributed by atoms with van der Waals surface area (Å²) >= 11 is 0. The summed E-state index contributed by atoms with van der Waals surface area (Å²) in [6.45, 7) is 0.966. The molecule has 1 aliphatic heterocycles. The molecule has 2 fully saturated rings. The summed E-state index contributed by atoms with van der Waals surface area (Å²) in [5.41, 5.74) is 0.661. The number of fused-ring (bicyclic) bond motifs is 1. The number of hydrogen-bond donors (Lipinski definition) is 1. The predicted molar refractivity (Wildman–Crippen MR) is 74.0 cm³/mol. The third-order valence-corrected chi connectivity index (χ3v) is 4.40. The third kappa shape index (κ3) is 2.81. The summed E-state index contributed by atoms with van der Waals surface area (Å²) < 4.78 is 5.77. The van der Waals surface area contributed by atoms with Crippen LogP contribution in [0.4, 0.5) is 0 Å². The highest BCUT2D eigenvalue weighted by atomic mass is 16.5. The number of piperidine rings is 1. The maximum Gasteiger partial charge on any atom is 0.338 e. The van der Waals surface area contributed by atoms with Crippen molar-refractivity contribution in [3.63, 3.8) is 0 Å². The average Bonchev–Trinajstić information content (AvgIpc) is 2.48. The average molecular weight is 259 g/mol. The third-order valence-electron chi connectivity index (χ3n) is 4.40. The van der Waals surface area contributed by atoms with E-state index in [1.54, 1.807) is 0 Å². The van der Waals surface area contributed by atoms with E-state index < -0.39 is 0 Å². The van der Waals surface area contributed by atoms with Crippen LogP contribution in [0.2, 0.25) is 0 Å². The monoisotopic (exact) mass is 259 g/mol. The molecule has 3 atom stereocenters. The van der Waals surface area contributed by atoms with E-state index in [4.69, 9.17) is 4.74 Å². The molecule has 3 rings (SSSR count). The molecule has 102 valence electrons. The molecule has 0 unspecified atom stereocenters. The van der Waals surface area contributed by atoms with E-state index in [1.165, 1.54) is 25.7 Å². The molecule has 0 radical (unpaired) electrons. The lowest BCUT2D eigenvalue weighted by atomic mass is 9.77. The SMILES string of the molecule is O=C(O[C@@H]1CCN[C@H]2CCCC[C@@H]21)c1ccccc1. The molecule has 19 heavy (non-hydrogen) atoms. The maximum absolute atomic E-state index is 12.1. The number of esters is 1. The van der Waals surface area contributed by atoms with E-state index in [1.807, 2.05) is 30.3 Å². The van der Waals surface area contributed by atoms with Gasteiger partial charge in [-0.2, -0.15) is 0 Å². The zero-order chi connectivity index (χ0) is 13.1. The lowest BCUT2D eigenvalue weighted by molar-refractivity contribution is -0.0135. The van der Waals surface area contributed by atoms with Gasteiger partial charge in [0.25, 0.3) is 0 Å². The molecule has 0 amide bonds. The minimum absolute atomic E-state index is 0.0965. The van der Waals surface area contributed by atoms with Crippen LogP contribution in [0.3, 0.4) is 0 Å². The molecule has 1 saturated carbocycles. The molecule has 3 heteroatoms. The molecule has 1 heterocycles. The quantitative estimate of drug-likeness (QED) is 0.830. The van der Waals surface area contributed by atoms with E-state index in [9.17, 15) is 4.79 Å². The van der Waals surface area contributed by atoms with Gasteiger partial charge in [-0.3, -0.25) is 0 Å². The van der Waals surface area contributed by atoms with E-state index in [0.29, 0.717) is 17.5 Å². The van der Waals surface area contributed by atoms with Crippen LogP contribution in [0, 0.1) is 5.92 Å². The first-order chi connectivity index (χ1) is 9.34. The van der Waals surface area contributed by atoms with Gasteiger partial charge in [-0.05, 0) is 37.9 Å². The Balaban J connectivity index is 1.66. The Morgan fingerprint density at radius 2 is 1.89 bits per heavy atom. The number of rotatable bonds is 2. The van der Waals surface area contributed by atoms with Gasteiger partial charge in [0.05, 0.1) is 5.56 Å². The van der Waals surface area contributed by atoms with Gasteiger partial charge in [-0.25, -0.2) is 4.79 Å². The van der Waals surface area contributed by atoms with Crippen molar-refractivity contribution in [2.24, 2.45) is 5.92 Å². The Morgan fingerprint density at radius 3 is 2.74 bits per heavy atom. The van der Waals surface area contributed by atoms with Crippen molar-refractivity contribution in [2.45, 2.75) is 44.2 Å². The number of ether oxygens (including phenoxy) is 1. The van der Waals surface area contributed by atoms with Crippen LogP contribution in [0.15, 0.2) is 30.3 Å². The molecule has 1 saturated heterocycles. The van der Waals surface area contributed by atoms with Gasteiger partial charge < -0.3 is 10.1 Å². The number of carbonyl (C=O) groups excluding carboxylic acids is 1. The highest BCUT2D eigenvalue weighted by Crippen LogP contribution is 2.32. The van der Waals surface area contributed by atoms with Gasteiger partial charge >= 0.3 is 5.97 Å². The highest BCUT2D eigenvalue weighted by molar-refractivity contribution is 5.89. The van der Waals surface area contributed by atoms with Crippen LogP contribution in [0.5, 0.6) is 0 Å². The van der Waals surface area contributed by atoms with Crippen molar-refractivity contribution in [2.75, 3.05) is 6.54 Å². The molecule has 3 nitrogen and oxygen atoms in total. The Kier molecular flexibility index (Phi) is 3.83. The molecule has 0 bridgehead atoms. The standard InChI is InChI=1S/C16H21NO2/c18-16(12-6-2-1-3-7-12)19-15-10-11-17-14-9-5-4-8-13(14)15/h1-3,6-7,13-15,17H,4-5,8-11H2/t13-,14-,15+/m0/s1. The fourth-order valence-electron chi connectivity index (χ4n) is 3.41. The van der Waals surface area contributed by atoms with E-state index in [2.05, 4.69) is 5.32 Å². The van der Waals surface area contributed by atoms with Crippen molar-refractivity contribution in [1.82, 2.24) is 5.32 Å². The molecule has 1 aliphatic carbocycles. The second-order valence-corrected chi connectivity index (χ2v) is 5.61. The van der Waals surface area contributed by atoms with Crippen LogP contribution in [-0.2, 0) is 4.74 Å². The summed E-state index contributed by atoms with van der Waals surface area (Å²) in [5, 5.41) is 3.57. The van der Waals surface area contributed by atoms with Crippen molar-refractivity contribution in [3.8, 4) is 0 Å². The normalized spacial score (nSPS) is 30.4. The minimum Gasteiger partial charge on any atom is -0.458 e. The van der Waals surface area contributed by atoms with Gasteiger partial charge in [-0.1, -0.05) is 31.0 Å². The maximum atomic E-state index is 12.1. The lowest BCUT2D eigenvalue weighted by Crippen LogP contribution is -2.51. The predicted octanol–water partition coefficient (Wildman–Crippen LogP) is 2.76. The van der Waals surface area contributed by atoms with Gasteiger partial charge in [0, 0.05) is 12.0 Å². The molecule has 1 aromatic carbocycles. The second-order valence-electron chi connectivity index (χ2n) is 5.61. The number of carbonyl (C=O) groups is 1. The topological polar surface area (TPSA) is 38.3 Å². The van der Waals surface area contributed by atoms with E-state index >= 15 is 0 Å². The van der Waals surface area contributed by atoms with E-state index in [-0.39, 0.29) is 12.1 Å². The van der Waals surface area contributed by atoms with Crippen LogP contribution in [0.25, 0.3) is 0 Å². The van der Waals surface area contributed by atoms with Crippen LogP contribution < -0.4 is 5.32 Å². The summed E-state index contributed by atoms with van der Waals surface area (Å²) in [6.07, 6.45) is 6.02. The molecule has 1 aromatic rings. The Morgan fingerprint density at radius 1 is 1.11 bits per heavy atom. The molecule has 0 spiro atoms. The fraction of sp³-hybridized carbons (Fsp3) is 0.562. The molecule has 0 aromatic heterocycles. The first-order valence-electron chi connectivity index (χ1n) is 7.34. The highest BCUT2D eigenvalue weighted by Gasteiger charge is 2.36. The Hall–Kier alpha value is -1.35. The Bertz CT molecular complexity index is 430. The van der Waals surface area contributed by atoms with Crippen molar-refractivity contribution >= 4 is 5.97 Å². The summed E-state index contributed by atoms with van der Waals surface area (Å²) in [4.78, 5) is 12.1. The Labute approximate surface area is 114 Å². The minimum atomic E-state index is -0.170. The number of nitrogens with one attached hydrogen (secondary N) is 1. The van der Waals surface area contributed by atoms with Crippen LogP contribution in [0.1, 0.15) is 42.5 Å². The van der Waals surface area contributed by atoms with Crippen molar-refractivity contribution < 1.29 is 9.53 Å². The summed E-state index contributed by atoms with van der Waals surface area (Å²) in [5.74, 6) is 0.340. The first kappa shape index (κ1) is 12.7. The molecule has 1 N–H and O–H groups in total. The van der Waals surface area contributed by atoms with Gasteiger partial charge in [0.1, 0.15) is 6.10 Å². The lowest BCUT2D eigenvalue weighted by Gasteiger charge is -2.41. The smallest absolute Gasteiger partial charge is 0.338 e. The molecule has 2 aliphatic rings. The van der Waals surface area contributed by atoms with Gasteiger partial charge in [0.2, 0.25) is 0 Å². The number of benzene rings is 1. The zero-order valence-corrected chi connectivity index (χ0v) is 11.2. The number of hydrogen-bond acceptors (Lipinski definition) is 3. The zero-order valence-electron chi connectivity index (χ0n) is 11.2. The molecular formula is C16H21NO2. The van der Waals surface area contributed by atoms with Crippen molar-refractivity contribution in [3.05, 3.63) is 35.9 Å². The van der Waals surface area contributed by atoms with Gasteiger partial charge in [0.15, 0.2) is 0 Å². The second kappa shape index (κ2) is 5.74. The van der Waals surface area contributed by atoms with Crippen LogP contribution in [-0.4, -0.2) is 24.7 Å². The summed E-state index contributed by atoms with van der Waals surface area (Å²) in [6, 6.07) is 9.86. The summed E-state index contributed by atoms with van der Waals surface area (Å²) in [7, 11) is 0. The fourth-order valence-corrected chi connectivity index (χ4v) is 3.41. The van der Waals surface area contributed by atoms with Gasteiger partial charge in [-0.15, -0.1) is 0 Å².